The summed E-state index contributed by atoms with van der Waals surface area (Å²) in [6.07, 6.45) is 1.84. The van der Waals surface area contributed by atoms with Crippen molar-refractivity contribution in [3.8, 4) is 0 Å². The lowest BCUT2D eigenvalue weighted by molar-refractivity contribution is 0.0938. The van der Waals surface area contributed by atoms with Crippen LogP contribution in [0.1, 0.15) is 48.2 Å². The van der Waals surface area contributed by atoms with E-state index in [1.165, 1.54) is 6.07 Å². The Kier molecular flexibility index (Phi) is 6.42. The number of nitrogens with one attached hydrogen (secondary N) is 2. The number of hydrogen-bond donors (Lipinski definition) is 2. The smallest absolute Gasteiger partial charge is 0.262 e. The molecule has 26 heavy (non-hydrogen) atoms. The summed E-state index contributed by atoms with van der Waals surface area (Å²) in [6, 6.07) is 11.9. The Morgan fingerprint density at radius 2 is 1.73 bits per heavy atom. The average molecular weight is 375 g/mol. The van der Waals surface area contributed by atoms with Crippen LogP contribution in [-0.4, -0.2) is 20.4 Å². The zero-order chi connectivity index (χ0) is 19.3. The fourth-order valence-electron chi connectivity index (χ4n) is 2.67. The summed E-state index contributed by atoms with van der Waals surface area (Å²) in [6.45, 7) is 7.64. The molecule has 0 spiro atoms. The largest absolute Gasteiger partial charge is 0.350 e. The molecule has 0 fully saturated rings. The maximum absolute atomic E-state index is 12.8. The van der Waals surface area contributed by atoms with Gasteiger partial charge in [0.25, 0.3) is 15.9 Å². The Bertz CT molecular complexity index is 874. The van der Waals surface area contributed by atoms with E-state index >= 15 is 0 Å². The van der Waals surface area contributed by atoms with Crippen LogP contribution in [0.25, 0.3) is 0 Å². The molecule has 0 saturated carbocycles. The molecule has 0 aliphatic rings. The highest BCUT2D eigenvalue weighted by atomic mass is 32.2. The van der Waals surface area contributed by atoms with Gasteiger partial charge < -0.3 is 5.32 Å². The van der Waals surface area contributed by atoms with Crippen molar-refractivity contribution in [1.29, 1.82) is 0 Å². The number of benzene rings is 2. The van der Waals surface area contributed by atoms with Crippen LogP contribution in [0.3, 0.4) is 0 Å². The zero-order valence-corrected chi connectivity index (χ0v) is 16.5. The molecule has 5 nitrogen and oxygen atoms in total. The van der Waals surface area contributed by atoms with Crippen LogP contribution in [-0.2, 0) is 10.0 Å². The van der Waals surface area contributed by atoms with Crippen LogP contribution in [0.4, 0.5) is 5.69 Å². The topological polar surface area (TPSA) is 75.3 Å². The Labute approximate surface area is 155 Å². The van der Waals surface area contributed by atoms with Gasteiger partial charge in [0.1, 0.15) is 0 Å². The summed E-state index contributed by atoms with van der Waals surface area (Å²) in [4.78, 5) is 12.5. The predicted molar refractivity (Wildman–Crippen MR) is 105 cm³/mol. The number of carbonyl (C=O) groups is 1. The van der Waals surface area contributed by atoms with Crippen LogP contribution in [0, 0.1) is 13.8 Å². The van der Waals surface area contributed by atoms with Crippen LogP contribution in [0.2, 0.25) is 0 Å². The third-order valence-corrected chi connectivity index (χ3v) is 5.67. The first-order valence-corrected chi connectivity index (χ1v) is 10.2. The van der Waals surface area contributed by atoms with Gasteiger partial charge >= 0.3 is 0 Å². The molecule has 2 N–H and O–H groups in total. The second-order valence-corrected chi connectivity index (χ2v) is 8.27. The minimum Gasteiger partial charge on any atom is -0.350 e. The van der Waals surface area contributed by atoms with Gasteiger partial charge in [-0.25, -0.2) is 8.42 Å². The van der Waals surface area contributed by atoms with Gasteiger partial charge in [-0.3, -0.25) is 9.52 Å². The van der Waals surface area contributed by atoms with Gasteiger partial charge in [-0.15, -0.1) is 0 Å². The molecule has 0 heterocycles. The lowest BCUT2D eigenvalue weighted by atomic mass is 10.1. The summed E-state index contributed by atoms with van der Waals surface area (Å²) in [5.74, 6) is -0.266. The van der Waals surface area contributed by atoms with Crippen molar-refractivity contribution in [1.82, 2.24) is 5.32 Å². The Balaban J connectivity index is 2.27. The number of anilines is 1. The number of rotatable bonds is 7. The third kappa shape index (κ3) is 5.08. The van der Waals surface area contributed by atoms with Crippen LogP contribution >= 0.6 is 0 Å². The summed E-state index contributed by atoms with van der Waals surface area (Å²) >= 11 is 0. The highest BCUT2D eigenvalue weighted by Gasteiger charge is 2.20. The number of carbonyl (C=O) groups excluding carboxylic acids is 1. The standard InChI is InChI=1S/C20H26N2O3S/c1-5-6-16(4)21-20(23)17-10-9-15(3)19(13-17)26(24,25)22-18-11-7-14(2)8-12-18/h7-13,16,22H,5-6H2,1-4H3,(H,21,23)/t16-/m0/s1. The monoisotopic (exact) mass is 374 g/mol. The molecule has 6 heteroatoms. The third-order valence-electron chi connectivity index (χ3n) is 4.14. The van der Waals surface area contributed by atoms with Crippen LogP contribution < -0.4 is 10.0 Å². The van der Waals surface area contributed by atoms with Gasteiger partial charge in [0.2, 0.25) is 0 Å². The van der Waals surface area contributed by atoms with E-state index in [1.807, 2.05) is 26.0 Å². The molecule has 0 radical (unpaired) electrons. The van der Waals surface area contributed by atoms with Crippen molar-refractivity contribution in [2.75, 3.05) is 4.72 Å². The van der Waals surface area contributed by atoms with E-state index in [-0.39, 0.29) is 16.8 Å². The van der Waals surface area contributed by atoms with Crippen molar-refractivity contribution in [2.45, 2.75) is 51.5 Å². The molecule has 2 rings (SSSR count). The van der Waals surface area contributed by atoms with E-state index < -0.39 is 10.0 Å². The normalized spacial score (nSPS) is 12.5. The van der Waals surface area contributed by atoms with Crippen molar-refractivity contribution in [3.63, 3.8) is 0 Å². The zero-order valence-electron chi connectivity index (χ0n) is 15.7. The SMILES string of the molecule is CCC[C@H](C)NC(=O)c1ccc(C)c(S(=O)(=O)Nc2ccc(C)cc2)c1. The number of sulfonamides is 1. The van der Waals surface area contributed by atoms with E-state index in [9.17, 15) is 13.2 Å². The van der Waals surface area contributed by atoms with Gasteiger partial charge in [0, 0.05) is 17.3 Å². The molecule has 0 saturated heterocycles. The van der Waals surface area contributed by atoms with E-state index in [0.717, 1.165) is 18.4 Å². The lowest BCUT2D eigenvalue weighted by Gasteiger charge is -2.15. The Hall–Kier alpha value is -2.34. The lowest BCUT2D eigenvalue weighted by Crippen LogP contribution is -2.32. The van der Waals surface area contributed by atoms with Crippen molar-refractivity contribution < 1.29 is 13.2 Å². The van der Waals surface area contributed by atoms with E-state index in [0.29, 0.717) is 16.8 Å². The van der Waals surface area contributed by atoms with Gasteiger partial charge in [0.05, 0.1) is 4.90 Å². The molecular formula is C20H26N2O3S. The van der Waals surface area contributed by atoms with Crippen molar-refractivity contribution in [2.24, 2.45) is 0 Å². The average Bonchev–Trinajstić information content (AvgIpc) is 2.57. The molecule has 0 aliphatic heterocycles. The Morgan fingerprint density at radius 1 is 1.08 bits per heavy atom. The minimum atomic E-state index is -3.78. The van der Waals surface area contributed by atoms with E-state index in [1.54, 1.807) is 31.2 Å². The fourth-order valence-corrected chi connectivity index (χ4v) is 4.01. The van der Waals surface area contributed by atoms with Crippen molar-refractivity contribution >= 4 is 21.6 Å². The summed E-state index contributed by atoms with van der Waals surface area (Å²) in [7, 11) is -3.78. The van der Waals surface area contributed by atoms with Crippen LogP contribution in [0.5, 0.6) is 0 Å². The minimum absolute atomic E-state index is 0.0412. The quantitative estimate of drug-likeness (QED) is 0.768. The maximum atomic E-state index is 12.8. The number of hydrogen-bond acceptors (Lipinski definition) is 3. The summed E-state index contributed by atoms with van der Waals surface area (Å²) < 4.78 is 28.1. The number of aryl methyl sites for hydroxylation is 2. The van der Waals surface area contributed by atoms with E-state index in [2.05, 4.69) is 17.0 Å². The van der Waals surface area contributed by atoms with Gasteiger partial charge in [-0.2, -0.15) is 0 Å². The summed E-state index contributed by atoms with van der Waals surface area (Å²) in [5.41, 5.74) is 2.45. The molecule has 1 atom stereocenters. The highest BCUT2D eigenvalue weighted by Crippen LogP contribution is 2.21. The molecule has 0 aliphatic carbocycles. The van der Waals surface area contributed by atoms with Gasteiger partial charge in [0.15, 0.2) is 0 Å². The molecular weight excluding hydrogens is 348 g/mol. The summed E-state index contributed by atoms with van der Waals surface area (Å²) in [5, 5.41) is 2.90. The molecule has 0 aromatic heterocycles. The molecule has 0 unspecified atom stereocenters. The van der Waals surface area contributed by atoms with E-state index in [4.69, 9.17) is 0 Å². The van der Waals surface area contributed by atoms with Gasteiger partial charge in [-0.1, -0.05) is 37.1 Å². The maximum Gasteiger partial charge on any atom is 0.262 e. The number of amides is 1. The second-order valence-electron chi connectivity index (χ2n) is 6.61. The molecule has 1 amide bonds. The van der Waals surface area contributed by atoms with Crippen LogP contribution in [0.15, 0.2) is 47.4 Å². The molecule has 0 bridgehead atoms. The second kappa shape index (κ2) is 8.36. The fraction of sp³-hybridized carbons (Fsp3) is 0.350. The first-order chi connectivity index (χ1) is 12.2. The predicted octanol–water partition coefficient (Wildman–Crippen LogP) is 4.02. The highest BCUT2D eigenvalue weighted by molar-refractivity contribution is 7.92. The Morgan fingerprint density at radius 3 is 2.35 bits per heavy atom. The first kappa shape index (κ1) is 20.0. The molecule has 2 aromatic carbocycles. The molecule has 140 valence electrons. The first-order valence-electron chi connectivity index (χ1n) is 8.74. The van der Waals surface area contributed by atoms with Gasteiger partial charge in [-0.05, 0) is 57.0 Å². The van der Waals surface area contributed by atoms with Crippen molar-refractivity contribution in [3.05, 3.63) is 59.2 Å². The molecule has 2 aromatic rings.